The molecule has 0 spiro atoms. The molecule has 1 aliphatic rings. The maximum atomic E-state index is 13.6. The maximum absolute atomic E-state index is 13.6. The zero-order chi connectivity index (χ0) is 15.7. The van der Waals surface area contributed by atoms with Crippen molar-refractivity contribution in [3.05, 3.63) is 34.9 Å². The molecule has 1 unspecified atom stereocenters. The number of benzene rings is 1. The Kier molecular flexibility index (Phi) is 4.15. The molecule has 1 saturated heterocycles. The summed E-state index contributed by atoms with van der Waals surface area (Å²) < 4.78 is 52.6. The lowest BCUT2D eigenvalue weighted by atomic mass is 9.97. The average Bonchev–Trinajstić information content (AvgIpc) is 2.48. The van der Waals surface area contributed by atoms with Crippen molar-refractivity contribution in [3.8, 4) is 0 Å². The molecule has 0 aromatic heterocycles. The molecular formula is C13H11F4NO3. The average molecular weight is 305 g/mol. The summed E-state index contributed by atoms with van der Waals surface area (Å²) in [5.74, 6) is -10.5. The highest BCUT2D eigenvalue weighted by atomic mass is 19.2. The van der Waals surface area contributed by atoms with E-state index in [9.17, 15) is 27.2 Å². The van der Waals surface area contributed by atoms with E-state index in [4.69, 9.17) is 5.11 Å². The SMILES string of the molecule is O=C(O)C1CCCN(C(=O)c2cc(F)c(F)c(F)c2F)C1. The van der Waals surface area contributed by atoms with Crippen molar-refractivity contribution in [3.63, 3.8) is 0 Å². The highest BCUT2D eigenvalue weighted by Gasteiger charge is 2.31. The van der Waals surface area contributed by atoms with Crippen molar-refractivity contribution < 1.29 is 32.3 Å². The van der Waals surface area contributed by atoms with E-state index in [-0.39, 0.29) is 19.2 Å². The summed E-state index contributed by atoms with van der Waals surface area (Å²) in [7, 11) is 0. The molecule has 0 saturated carbocycles. The summed E-state index contributed by atoms with van der Waals surface area (Å²) in [6.07, 6.45) is 0.726. The summed E-state index contributed by atoms with van der Waals surface area (Å²) in [6, 6.07) is 0.278. The smallest absolute Gasteiger partial charge is 0.308 e. The predicted molar refractivity (Wildman–Crippen MR) is 62.5 cm³/mol. The van der Waals surface area contributed by atoms with Crippen molar-refractivity contribution in [2.45, 2.75) is 12.8 Å². The molecule has 0 aliphatic carbocycles. The van der Waals surface area contributed by atoms with Crippen molar-refractivity contribution in [1.29, 1.82) is 0 Å². The van der Waals surface area contributed by atoms with Crippen LogP contribution in [-0.2, 0) is 4.79 Å². The van der Waals surface area contributed by atoms with E-state index in [1.54, 1.807) is 0 Å². The van der Waals surface area contributed by atoms with Gasteiger partial charge < -0.3 is 10.0 Å². The van der Waals surface area contributed by atoms with E-state index in [1.807, 2.05) is 0 Å². The van der Waals surface area contributed by atoms with Crippen molar-refractivity contribution in [2.24, 2.45) is 5.92 Å². The largest absolute Gasteiger partial charge is 0.481 e. The summed E-state index contributed by atoms with van der Waals surface area (Å²) in [6.45, 7) is -0.0448. The molecule has 1 fully saturated rings. The fourth-order valence-electron chi connectivity index (χ4n) is 2.26. The number of hydrogen-bond donors (Lipinski definition) is 1. The molecule has 0 radical (unpaired) electrons. The third-order valence-corrected chi connectivity index (χ3v) is 3.39. The summed E-state index contributed by atoms with van der Waals surface area (Å²) in [5.41, 5.74) is -0.947. The van der Waals surface area contributed by atoms with Crippen LogP contribution in [-0.4, -0.2) is 35.0 Å². The second-order valence-corrected chi connectivity index (χ2v) is 4.78. The Morgan fingerprint density at radius 1 is 1.14 bits per heavy atom. The zero-order valence-electron chi connectivity index (χ0n) is 10.7. The number of hydrogen-bond acceptors (Lipinski definition) is 2. The van der Waals surface area contributed by atoms with Gasteiger partial charge >= 0.3 is 5.97 Å². The molecule has 1 aromatic carbocycles. The fraction of sp³-hybridized carbons (Fsp3) is 0.385. The van der Waals surface area contributed by atoms with Gasteiger partial charge in [-0.3, -0.25) is 9.59 Å². The van der Waals surface area contributed by atoms with Gasteiger partial charge in [-0.1, -0.05) is 0 Å². The first-order valence-electron chi connectivity index (χ1n) is 6.18. The number of nitrogens with zero attached hydrogens (tertiary/aromatic N) is 1. The van der Waals surface area contributed by atoms with E-state index in [0.717, 1.165) is 4.90 Å². The van der Waals surface area contributed by atoms with Crippen LogP contribution in [0, 0.1) is 29.2 Å². The summed E-state index contributed by atoms with van der Waals surface area (Å²) in [5, 5.41) is 8.91. The molecule has 2 rings (SSSR count). The monoisotopic (exact) mass is 305 g/mol. The molecule has 8 heteroatoms. The Hall–Kier alpha value is -2.12. The first-order chi connectivity index (χ1) is 9.82. The van der Waals surface area contributed by atoms with Crippen LogP contribution in [0.5, 0.6) is 0 Å². The van der Waals surface area contributed by atoms with Gasteiger partial charge in [-0.15, -0.1) is 0 Å². The molecule has 1 atom stereocenters. The highest BCUT2D eigenvalue weighted by Crippen LogP contribution is 2.23. The number of carbonyl (C=O) groups is 2. The van der Waals surface area contributed by atoms with Gasteiger partial charge in [0.2, 0.25) is 0 Å². The number of likely N-dealkylation sites (tertiary alicyclic amines) is 1. The molecule has 4 nitrogen and oxygen atoms in total. The minimum absolute atomic E-state index is 0.142. The van der Waals surface area contributed by atoms with E-state index in [0.29, 0.717) is 12.8 Å². The number of aliphatic carboxylic acids is 1. The van der Waals surface area contributed by atoms with Crippen molar-refractivity contribution >= 4 is 11.9 Å². The first-order valence-corrected chi connectivity index (χ1v) is 6.18. The predicted octanol–water partition coefficient (Wildman–Crippen LogP) is 2.18. The number of carboxylic acid groups (broad SMARTS) is 1. The van der Waals surface area contributed by atoms with Crippen LogP contribution in [0.1, 0.15) is 23.2 Å². The lowest BCUT2D eigenvalue weighted by molar-refractivity contribution is -0.143. The molecule has 1 N–H and O–H groups in total. The lowest BCUT2D eigenvalue weighted by Gasteiger charge is -2.30. The summed E-state index contributed by atoms with van der Waals surface area (Å²) in [4.78, 5) is 23.9. The number of rotatable bonds is 2. The molecule has 114 valence electrons. The normalized spacial score (nSPS) is 18.7. The molecular weight excluding hydrogens is 294 g/mol. The van der Waals surface area contributed by atoms with Gasteiger partial charge in [-0.05, 0) is 18.9 Å². The van der Waals surface area contributed by atoms with Crippen LogP contribution in [0.4, 0.5) is 17.6 Å². The Labute approximate surface area is 117 Å². The zero-order valence-corrected chi connectivity index (χ0v) is 10.7. The van der Waals surface area contributed by atoms with Crippen molar-refractivity contribution in [1.82, 2.24) is 4.90 Å². The number of halogens is 4. The second kappa shape index (κ2) is 5.71. The van der Waals surface area contributed by atoms with Crippen LogP contribution in [0.15, 0.2) is 6.07 Å². The molecule has 0 bridgehead atoms. The second-order valence-electron chi connectivity index (χ2n) is 4.78. The van der Waals surface area contributed by atoms with E-state index < -0.39 is 46.6 Å². The Morgan fingerprint density at radius 2 is 1.81 bits per heavy atom. The van der Waals surface area contributed by atoms with Gasteiger partial charge in [0.1, 0.15) is 0 Å². The number of carbonyl (C=O) groups excluding carboxylic acids is 1. The van der Waals surface area contributed by atoms with Crippen LogP contribution in [0.25, 0.3) is 0 Å². The van der Waals surface area contributed by atoms with Gasteiger partial charge in [0.15, 0.2) is 23.3 Å². The Bertz CT molecular complexity index is 606. The van der Waals surface area contributed by atoms with Crippen LogP contribution in [0.2, 0.25) is 0 Å². The number of amides is 1. The third kappa shape index (κ3) is 2.84. The van der Waals surface area contributed by atoms with Gasteiger partial charge in [0.25, 0.3) is 5.91 Å². The van der Waals surface area contributed by atoms with Crippen molar-refractivity contribution in [2.75, 3.05) is 13.1 Å². The third-order valence-electron chi connectivity index (χ3n) is 3.39. The highest BCUT2D eigenvalue weighted by molar-refractivity contribution is 5.95. The van der Waals surface area contributed by atoms with Crippen LogP contribution < -0.4 is 0 Å². The van der Waals surface area contributed by atoms with Crippen LogP contribution in [0.3, 0.4) is 0 Å². The van der Waals surface area contributed by atoms with Gasteiger partial charge in [-0.25, -0.2) is 17.6 Å². The van der Waals surface area contributed by atoms with Crippen LogP contribution >= 0.6 is 0 Å². The summed E-state index contributed by atoms with van der Waals surface area (Å²) >= 11 is 0. The molecule has 1 amide bonds. The Morgan fingerprint density at radius 3 is 2.43 bits per heavy atom. The fourth-order valence-corrected chi connectivity index (χ4v) is 2.26. The first kappa shape index (κ1) is 15.3. The van der Waals surface area contributed by atoms with Gasteiger partial charge in [0.05, 0.1) is 11.5 Å². The molecule has 1 heterocycles. The maximum Gasteiger partial charge on any atom is 0.308 e. The van der Waals surface area contributed by atoms with Gasteiger partial charge in [0, 0.05) is 13.1 Å². The van der Waals surface area contributed by atoms with E-state index in [1.165, 1.54) is 0 Å². The molecule has 1 aromatic rings. The minimum Gasteiger partial charge on any atom is -0.481 e. The van der Waals surface area contributed by atoms with Gasteiger partial charge in [-0.2, -0.15) is 0 Å². The molecule has 21 heavy (non-hydrogen) atoms. The number of carboxylic acids is 1. The number of piperidine rings is 1. The molecule has 1 aliphatic heterocycles. The topological polar surface area (TPSA) is 57.6 Å². The quantitative estimate of drug-likeness (QED) is 0.517. The minimum atomic E-state index is -2.06. The van der Waals surface area contributed by atoms with E-state index in [2.05, 4.69) is 0 Å². The van der Waals surface area contributed by atoms with E-state index >= 15 is 0 Å². The lowest BCUT2D eigenvalue weighted by Crippen LogP contribution is -2.42. The standard InChI is InChI=1S/C13H11F4NO3/c14-8-4-7(9(15)11(17)10(8)16)12(19)18-3-1-2-6(5-18)13(20)21/h4,6H,1-3,5H2,(H,20,21). The Balaban J connectivity index is 2.30.